The van der Waals surface area contributed by atoms with Gasteiger partial charge < -0.3 is 9.40 Å². The molecule has 5 aromatic carbocycles. The third-order valence-corrected chi connectivity index (χ3v) is 6.42. The minimum Gasteiger partial charge on any atom is -0.456 e. The third-order valence-electron chi connectivity index (χ3n) is 6.42. The van der Waals surface area contributed by atoms with Crippen LogP contribution in [0.5, 0.6) is 0 Å². The van der Waals surface area contributed by atoms with Gasteiger partial charge in [-0.3, -0.25) is 0 Å². The Kier molecular flexibility index (Phi) is 3.58. The number of fused-ring (bicyclic) bond motifs is 6. The van der Waals surface area contributed by atoms with Crippen molar-refractivity contribution in [2.75, 3.05) is 0 Å². The summed E-state index contributed by atoms with van der Waals surface area (Å²) in [5, 5.41) is 4.83. The van der Waals surface area contributed by atoms with Crippen LogP contribution in [-0.4, -0.2) is 4.98 Å². The van der Waals surface area contributed by atoms with Gasteiger partial charge >= 0.3 is 0 Å². The van der Waals surface area contributed by atoms with Gasteiger partial charge in [0, 0.05) is 32.6 Å². The highest BCUT2D eigenvalue weighted by atomic mass is 16.3. The zero-order valence-corrected chi connectivity index (χ0v) is 17.3. The lowest BCUT2D eigenvalue weighted by atomic mass is 9.96. The van der Waals surface area contributed by atoms with Crippen molar-refractivity contribution in [3.63, 3.8) is 0 Å². The summed E-state index contributed by atoms with van der Waals surface area (Å²) in [5.41, 5.74) is 9.02. The van der Waals surface area contributed by atoms with Crippen molar-refractivity contribution < 1.29 is 4.42 Å². The topological polar surface area (TPSA) is 28.9 Å². The number of benzene rings is 5. The van der Waals surface area contributed by atoms with E-state index < -0.39 is 0 Å². The number of rotatable bonds is 2. The summed E-state index contributed by atoms with van der Waals surface area (Å²) in [4.78, 5) is 3.63. The second kappa shape index (κ2) is 6.60. The second-order valence-electron chi connectivity index (χ2n) is 8.29. The molecule has 2 heteroatoms. The van der Waals surface area contributed by atoms with Gasteiger partial charge in [0.2, 0.25) is 0 Å². The van der Waals surface area contributed by atoms with Crippen molar-refractivity contribution in [1.82, 2.24) is 4.98 Å². The first kappa shape index (κ1) is 17.4. The highest BCUT2D eigenvalue weighted by Crippen LogP contribution is 2.36. The standard InChI is InChI=1S/C30H19NO/c1-3-13-27-23(9-1)25-12-6-11-22(30(25)31-27)21-8-5-7-19(17-21)20-15-16-29-26(18-20)24-10-2-4-14-28(24)32-29/h1-18,31H. The molecule has 0 unspecified atom stereocenters. The van der Waals surface area contributed by atoms with Crippen molar-refractivity contribution >= 4 is 43.7 Å². The molecule has 150 valence electrons. The van der Waals surface area contributed by atoms with Gasteiger partial charge in [-0.2, -0.15) is 0 Å². The zero-order valence-electron chi connectivity index (χ0n) is 17.3. The Morgan fingerprint density at radius 3 is 2.16 bits per heavy atom. The molecule has 7 aromatic rings. The molecule has 32 heavy (non-hydrogen) atoms. The minimum atomic E-state index is 0.925. The van der Waals surface area contributed by atoms with Crippen LogP contribution in [0, 0.1) is 0 Å². The number of H-pyrrole nitrogens is 1. The van der Waals surface area contributed by atoms with Crippen LogP contribution < -0.4 is 0 Å². The van der Waals surface area contributed by atoms with Crippen LogP contribution in [0.4, 0.5) is 0 Å². The van der Waals surface area contributed by atoms with E-state index in [1.165, 1.54) is 44.1 Å². The molecule has 0 spiro atoms. The van der Waals surface area contributed by atoms with Crippen LogP contribution in [0.2, 0.25) is 0 Å². The molecule has 0 aliphatic heterocycles. The Labute approximate surface area is 184 Å². The lowest BCUT2D eigenvalue weighted by molar-refractivity contribution is 0.669. The number of aromatic nitrogens is 1. The maximum absolute atomic E-state index is 6.01. The highest BCUT2D eigenvalue weighted by Gasteiger charge is 2.11. The van der Waals surface area contributed by atoms with Crippen molar-refractivity contribution in [3.8, 4) is 22.3 Å². The van der Waals surface area contributed by atoms with Gasteiger partial charge in [-0.25, -0.2) is 0 Å². The molecule has 2 heterocycles. The molecule has 2 nitrogen and oxygen atoms in total. The normalized spacial score (nSPS) is 11.8. The third kappa shape index (κ3) is 2.53. The van der Waals surface area contributed by atoms with Crippen LogP contribution in [0.25, 0.3) is 66.0 Å². The van der Waals surface area contributed by atoms with Crippen molar-refractivity contribution in [1.29, 1.82) is 0 Å². The summed E-state index contributed by atoms with van der Waals surface area (Å²) < 4.78 is 6.01. The molecule has 0 saturated heterocycles. The molecule has 0 bridgehead atoms. The molecule has 1 N–H and O–H groups in total. The summed E-state index contributed by atoms with van der Waals surface area (Å²) in [7, 11) is 0. The molecular formula is C30H19NO. The smallest absolute Gasteiger partial charge is 0.135 e. The zero-order chi connectivity index (χ0) is 21.1. The summed E-state index contributed by atoms with van der Waals surface area (Å²) in [6, 6.07) is 38.5. The Morgan fingerprint density at radius 1 is 0.469 bits per heavy atom. The Morgan fingerprint density at radius 2 is 1.19 bits per heavy atom. The number of hydrogen-bond acceptors (Lipinski definition) is 1. The molecule has 0 aliphatic rings. The van der Waals surface area contributed by atoms with E-state index in [9.17, 15) is 0 Å². The van der Waals surface area contributed by atoms with E-state index >= 15 is 0 Å². The molecule has 0 aliphatic carbocycles. The molecular weight excluding hydrogens is 390 g/mol. The van der Waals surface area contributed by atoms with E-state index in [0.29, 0.717) is 0 Å². The van der Waals surface area contributed by atoms with Crippen LogP contribution in [-0.2, 0) is 0 Å². The van der Waals surface area contributed by atoms with Crippen molar-refractivity contribution in [2.24, 2.45) is 0 Å². The van der Waals surface area contributed by atoms with Gasteiger partial charge in [0.1, 0.15) is 11.2 Å². The van der Waals surface area contributed by atoms with Gasteiger partial charge in [-0.05, 0) is 47.0 Å². The first-order chi connectivity index (χ1) is 15.8. The lowest BCUT2D eigenvalue weighted by Crippen LogP contribution is -1.83. The van der Waals surface area contributed by atoms with Crippen LogP contribution in [0.3, 0.4) is 0 Å². The maximum atomic E-state index is 6.01. The van der Waals surface area contributed by atoms with Gasteiger partial charge in [0.15, 0.2) is 0 Å². The van der Waals surface area contributed by atoms with E-state index in [1.54, 1.807) is 0 Å². The highest BCUT2D eigenvalue weighted by molar-refractivity contribution is 6.12. The Hall–Kier alpha value is -4.30. The van der Waals surface area contributed by atoms with E-state index in [0.717, 1.165) is 21.9 Å². The van der Waals surface area contributed by atoms with Crippen LogP contribution in [0.1, 0.15) is 0 Å². The minimum absolute atomic E-state index is 0.925. The molecule has 0 atom stereocenters. The largest absolute Gasteiger partial charge is 0.456 e. The summed E-state index contributed by atoms with van der Waals surface area (Å²) in [5.74, 6) is 0. The number of hydrogen-bond donors (Lipinski definition) is 1. The predicted octanol–water partition coefficient (Wildman–Crippen LogP) is 8.55. The Balaban J connectivity index is 1.41. The fourth-order valence-corrected chi connectivity index (χ4v) is 4.89. The summed E-state index contributed by atoms with van der Waals surface area (Å²) in [6.45, 7) is 0. The van der Waals surface area contributed by atoms with E-state index in [1.807, 2.05) is 12.1 Å². The van der Waals surface area contributed by atoms with Crippen molar-refractivity contribution in [2.45, 2.75) is 0 Å². The number of furan rings is 1. The molecule has 0 amide bonds. The quantitative estimate of drug-likeness (QED) is 0.304. The average Bonchev–Trinajstić information content (AvgIpc) is 3.42. The SMILES string of the molecule is c1cc(-c2ccc3oc4ccccc4c3c2)cc(-c2cccc3c2[nH]c2ccccc23)c1. The molecule has 0 radical (unpaired) electrons. The van der Waals surface area contributed by atoms with Gasteiger partial charge in [0.25, 0.3) is 0 Å². The first-order valence-electron chi connectivity index (χ1n) is 10.9. The van der Waals surface area contributed by atoms with Gasteiger partial charge in [-0.15, -0.1) is 0 Å². The van der Waals surface area contributed by atoms with E-state index in [4.69, 9.17) is 4.42 Å². The van der Waals surface area contributed by atoms with Crippen LogP contribution >= 0.6 is 0 Å². The predicted molar refractivity (Wildman–Crippen MR) is 134 cm³/mol. The van der Waals surface area contributed by atoms with Crippen molar-refractivity contribution in [3.05, 3.63) is 109 Å². The van der Waals surface area contributed by atoms with Gasteiger partial charge in [0.05, 0.1) is 5.52 Å². The fraction of sp³-hybridized carbons (Fsp3) is 0. The summed E-state index contributed by atoms with van der Waals surface area (Å²) >= 11 is 0. The second-order valence-corrected chi connectivity index (χ2v) is 8.29. The first-order valence-corrected chi connectivity index (χ1v) is 10.9. The summed E-state index contributed by atoms with van der Waals surface area (Å²) in [6.07, 6.45) is 0. The maximum Gasteiger partial charge on any atom is 0.135 e. The molecule has 7 rings (SSSR count). The molecule has 0 saturated carbocycles. The van der Waals surface area contributed by atoms with Crippen LogP contribution in [0.15, 0.2) is 114 Å². The number of nitrogens with one attached hydrogen (secondary N) is 1. The Bertz CT molecular complexity index is 1780. The average molecular weight is 409 g/mol. The number of aromatic amines is 1. The fourth-order valence-electron chi connectivity index (χ4n) is 4.89. The molecule has 0 fully saturated rings. The van der Waals surface area contributed by atoms with Gasteiger partial charge in [-0.1, -0.05) is 78.9 Å². The van der Waals surface area contributed by atoms with E-state index in [-0.39, 0.29) is 0 Å². The lowest BCUT2D eigenvalue weighted by Gasteiger charge is -2.08. The molecule has 2 aromatic heterocycles. The number of para-hydroxylation sites is 3. The monoisotopic (exact) mass is 409 g/mol. The van der Waals surface area contributed by atoms with E-state index in [2.05, 4.69) is 102 Å².